The lowest BCUT2D eigenvalue weighted by Gasteiger charge is -2.34. The van der Waals surface area contributed by atoms with Crippen molar-refractivity contribution >= 4 is 23.4 Å². The Morgan fingerprint density at radius 1 is 0.962 bits per heavy atom. The number of benzene rings is 2. The van der Waals surface area contributed by atoms with Crippen LogP contribution in [0.3, 0.4) is 0 Å². The first-order chi connectivity index (χ1) is 25.6. The fourth-order valence-corrected chi connectivity index (χ4v) is 8.04. The maximum absolute atomic E-state index is 14.6. The number of carboxylic acid groups (broad SMARTS) is 1. The third-order valence-corrected chi connectivity index (χ3v) is 10.8. The summed E-state index contributed by atoms with van der Waals surface area (Å²) in [6.07, 6.45) is 4.89. The summed E-state index contributed by atoms with van der Waals surface area (Å²) in [6, 6.07) is 15.0. The zero-order chi connectivity index (χ0) is 36.8. The number of rotatable bonds is 8. The molecule has 0 aliphatic carbocycles. The predicted molar refractivity (Wildman–Crippen MR) is 194 cm³/mol. The van der Waals surface area contributed by atoms with Crippen molar-refractivity contribution in [2.24, 2.45) is 7.05 Å². The van der Waals surface area contributed by atoms with E-state index >= 15 is 0 Å². The predicted octanol–water partition coefficient (Wildman–Crippen LogP) is 6.20. The maximum Gasteiger partial charge on any atom is 0.356 e. The van der Waals surface area contributed by atoms with Crippen LogP contribution in [0.1, 0.15) is 77.1 Å². The van der Waals surface area contributed by atoms with Crippen LogP contribution in [0.15, 0.2) is 60.9 Å². The largest absolute Gasteiger partial charge is 0.476 e. The molecule has 1 saturated heterocycles. The number of aromatic nitrogens is 6. The van der Waals surface area contributed by atoms with Crippen molar-refractivity contribution in [3.05, 3.63) is 94.6 Å². The normalized spacial score (nSPS) is 16.5. The molecule has 274 valence electrons. The van der Waals surface area contributed by atoms with E-state index in [4.69, 9.17) is 10.2 Å². The van der Waals surface area contributed by atoms with E-state index in [0.717, 1.165) is 79.2 Å². The first-order valence-corrected chi connectivity index (χ1v) is 18.1. The van der Waals surface area contributed by atoms with Gasteiger partial charge in [0.1, 0.15) is 0 Å². The van der Waals surface area contributed by atoms with E-state index in [0.29, 0.717) is 42.9 Å². The maximum atomic E-state index is 14.6. The number of carboxylic acids is 1. The molecule has 6 heterocycles. The number of hydrogen-bond donors (Lipinski definition) is 1. The van der Waals surface area contributed by atoms with Crippen molar-refractivity contribution in [2.45, 2.75) is 64.6 Å². The van der Waals surface area contributed by atoms with Gasteiger partial charge in [0.15, 0.2) is 11.5 Å². The molecule has 0 spiro atoms. The summed E-state index contributed by atoms with van der Waals surface area (Å²) >= 11 is 0. The van der Waals surface area contributed by atoms with Crippen LogP contribution >= 0.6 is 0 Å². The number of halogens is 2. The van der Waals surface area contributed by atoms with Gasteiger partial charge in [0.2, 0.25) is 5.91 Å². The molecule has 1 fully saturated rings. The monoisotopic (exact) mass is 721 g/mol. The number of aromatic carboxylic acids is 1. The summed E-state index contributed by atoms with van der Waals surface area (Å²) < 4.78 is 33.1. The number of hydrogen-bond acceptors (Lipinski definition) is 8. The Bertz CT molecular complexity index is 2160. The number of anilines is 2. The average Bonchev–Trinajstić information content (AvgIpc) is 3.78. The van der Waals surface area contributed by atoms with Crippen LogP contribution in [0.25, 0.3) is 22.4 Å². The van der Waals surface area contributed by atoms with Gasteiger partial charge in [-0.3, -0.25) is 19.1 Å². The van der Waals surface area contributed by atoms with E-state index in [9.17, 15) is 18.4 Å². The lowest BCUT2D eigenvalue weighted by atomic mass is 9.92. The summed E-state index contributed by atoms with van der Waals surface area (Å²) in [7, 11) is 1.78. The Labute approximate surface area is 305 Å². The highest BCUT2D eigenvalue weighted by molar-refractivity contribution is 5.85. The molecule has 5 aromatic rings. The molecule has 3 aliphatic rings. The number of amides is 1. The van der Waals surface area contributed by atoms with Gasteiger partial charge in [-0.25, -0.2) is 13.6 Å². The van der Waals surface area contributed by atoms with Gasteiger partial charge in [-0.2, -0.15) is 10.2 Å². The lowest BCUT2D eigenvalue weighted by molar-refractivity contribution is -0.129. The number of carbonyl (C=O) groups excluding carboxylic acids is 1. The fraction of sp³-hybridized carbons (Fsp3) is 0.385. The van der Waals surface area contributed by atoms with Gasteiger partial charge >= 0.3 is 5.97 Å². The van der Waals surface area contributed by atoms with E-state index in [1.807, 2.05) is 23.1 Å². The number of alkyl halides is 2. The van der Waals surface area contributed by atoms with Gasteiger partial charge in [-0.15, -0.1) is 10.2 Å². The first-order valence-electron chi connectivity index (χ1n) is 18.1. The Kier molecular flexibility index (Phi) is 9.23. The van der Waals surface area contributed by atoms with Gasteiger partial charge in [-0.05, 0) is 66.6 Å². The molecule has 2 aromatic carbocycles. The summed E-state index contributed by atoms with van der Waals surface area (Å²) in [5, 5.41) is 26.5. The first kappa shape index (κ1) is 34.6. The Morgan fingerprint density at radius 3 is 2.42 bits per heavy atom. The van der Waals surface area contributed by atoms with E-state index in [-0.39, 0.29) is 23.2 Å². The van der Waals surface area contributed by atoms with Crippen molar-refractivity contribution in [3.63, 3.8) is 0 Å². The SMILES string of the molecule is CC(=O)N1CCc2c(c(N3CCCc4cc(-c5cnn(C)c5)c(C(F)F)cc43)nn2C2CCN(Cc3ccc(-c4ccc(C(=O)O)nn4)cc3)CC2)C1. The zero-order valence-corrected chi connectivity index (χ0v) is 29.8. The van der Waals surface area contributed by atoms with Crippen LogP contribution in [-0.2, 0) is 37.8 Å². The number of nitrogens with zero attached hydrogens (tertiary/aromatic N) is 9. The van der Waals surface area contributed by atoms with Crippen LogP contribution in [0.4, 0.5) is 20.3 Å². The summed E-state index contributed by atoms with van der Waals surface area (Å²) in [6.45, 7) is 5.90. The molecule has 12 nitrogen and oxygen atoms in total. The third-order valence-electron chi connectivity index (χ3n) is 10.8. The van der Waals surface area contributed by atoms with E-state index in [2.05, 4.69) is 41.9 Å². The van der Waals surface area contributed by atoms with Crippen LogP contribution in [0, 0.1) is 0 Å². The molecule has 53 heavy (non-hydrogen) atoms. The Hall–Kier alpha value is -5.50. The number of fused-ring (bicyclic) bond motifs is 2. The standard InChI is InChI=1S/C39H41F2N9O3/c1-24(51)48-17-13-35-32(23-48)38(49-14-3-4-27-18-30(28-20-42-46(2)22-28)31(37(40)41)19-36(27)49)45-50(35)29-11-15-47(16-12-29)21-25-5-7-26(8-6-25)33-9-10-34(39(52)53)44-43-33/h5-10,18-20,22,29,37H,3-4,11-17,21,23H2,1-2H3,(H,52,53). The zero-order valence-electron chi connectivity index (χ0n) is 29.8. The molecule has 8 rings (SSSR count). The van der Waals surface area contributed by atoms with Crippen molar-refractivity contribution in [3.8, 4) is 22.4 Å². The van der Waals surface area contributed by atoms with E-state index < -0.39 is 12.4 Å². The Balaban J connectivity index is 1.03. The van der Waals surface area contributed by atoms with Crippen LogP contribution in [0.5, 0.6) is 0 Å². The minimum absolute atomic E-state index is 0.0138. The summed E-state index contributed by atoms with van der Waals surface area (Å²) in [5.41, 5.74) is 7.65. The van der Waals surface area contributed by atoms with E-state index in [1.54, 1.807) is 43.2 Å². The molecule has 1 N–H and O–H groups in total. The second kappa shape index (κ2) is 14.1. The summed E-state index contributed by atoms with van der Waals surface area (Å²) in [5.74, 6) is -0.323. The smallest absolute Gasteiger partial charge is 0.356 e. The van der Waals surface area contributed by atoms with Crippen molar-refractivity contribution < 1.29 is 23.5 Å². The molecule has 1 amide bonds. The van der Waals surface area contributed by atoms with Crippen molar-refractivity contribution in [2.75, 3.05) is 31.1 Å². The molecule has 3 aliphatic heterocycles. The molecule has 14 heteroatoms. The third kappa shape index (κ3) is 6.78. The molecule has 0 radical (unpaired) electrons. The number of aryl methyl sites for hydroxylation is 2. The number of likely N-dealkylation sites (tertiary alicyclic amines) is 1. The molecule has 0 unspecified atom stereocenters. The van der Waals surface area contributed by atoms with E-state index in [1.165, 1.54) is 11.6 Å². The molecule has 0 atom stereocenters. The minimum atomic E-state index is -2.66. The molecular formula is C39H41F2N9O3. The second-order valence-corrected chi connectivity index (χ2v) is 14.2. The highest BCUT2D eigenvalue weighted by Crippen LogP contribution is 2.43. The minimum Gasteiger partial charge on any atom is -0.476 e. The number of piperidine rings is 1. The fourth-order valence-electron chi connectivity index (χ4n) is 8.04. The number of carbonyl (C=O) groups is 2. The van der Waals surface area contributed by atoms with Gasteiger partial charge in [0.05, 0.1) is 24.5 Å². The second-order valence-electron chi connectivity index (χ2n) is 14.2. The van der Waals surface area contributed by atoms with Gasteiger partial charge in [-0.1, -0.05) is 24.3 Å². The molecule has 3 aromatic heterocycles. The summed E-state index contributed by atoms with van der Waals surface area (Å²) in [4.78, 5) is 30.1. The molecular weight excluding hydrogens is 680 g/mol. The molecule has 0 saturated carbocycles. The topological polar surface area (TPSA) is 126 Å². The molecule has 0 bridgehead atoms. The average molecular weight is 722 g/mol. The quantitative estimate of drug-likeness (QED) is 0.199. The van der Waals surface area contributed by atoms with Crippen LogP contribution in [-0.4, -0.2) is 82.7 Å². The van der Waals surface area contributed by atoms with Crippen molar-refractivity contribution in [1.29, 1.82) is 0 Å². The highest BCUT2D eigenvalue weighted by atomic mass is 19.3. The lowest BCUT2D eigenvalue weighted by Crippen LogP contribution is -2.37. The van der Waals surface area contributed by atoms with Gasteiger partial charge in [0.25, 0.3) is 6.43 Å². The van der Waals surface area contributed by atoms with Crippen molar-refractivity contribution in [1.82, 2.24) is 39.6 Å². The highest BCUT2D eigenvalue weighted by Gasteiger charge is 2.34. The van der Waals surface area contributed by atoms with Crippen LogP contribution < -0.4 is 4.90 Å². The van der Waals surface area contributed by atoms with Crippen LogP contribution in [0.2, 0.25) is 0 Å². The van der Waals surface area contributed by atoms with Gasteiger partial charge < -0.3 is 14.9 Å². The Morgan fingerprint density at radius 2 is 1.75 bits per heavy atom. The van der Waals surface area contributed by atoms with Gasteiger partial charge in [0, 0.05) is 92.9 Å².